The summed E-state index contributed by atoms with van der Waals surface area (Å²) in [6, 6.07) is 3.03. The van der Waals surface area contributed by atoms with Gasteiger partial charge >= 0.3 is 5.97 Å². The predicted octanol–water partition coefficient (Wildman–Crippen LogP) is 1.81. The lowest BCUT2D eigenvalue weighted by molar-refractivity contribution is 0.0598. The highest BCUT2D eigenvalue weighted by molar-refractivity contribution is 7.89. The molecule has 0 aliphatic heterocycles. The van der Waals surface area contributed by atoms with Gasteiger partial charge in [0.25, 0.3) is 0 Å². The third kappa shape index (κ3) is 3.33. The standard InChI is InChI=1S/C13H19NO4S/c1-5-9-6-10(8(2)3)11(13(15)18-4)7-12(9)19(14,16)17/h6-8H,5H2,1-4H3,(H2,14,16,17). The first-order valence-electron chi connectivity index (χ1n) is 6.00. The van der Waals surface area contributed by atoms with Crippen LogP contribution in [0.4, 0.5) is 0 Å². The Labute approximate surface area is 113 Å². The van der Waals surface area contributed by atoms with E-state index in [0.29, 0.717) is 12.0 Å². The molecule has 0 saturated heterocycles. The molecule has 0 bridgehead atoms. The molecular formula is C13H19NO4S. The minimum absolute atomic E-state index is 0.0141. The summed E-state index contributed by atoms with van der Waals surface area (Å²) in [6.45, 7) is 5.70. The topological polar surface area (TPSA) is 86.5 Å². The number of hydrogen-bond donors (Lipinski definition) is 1. The van der Waals surface area contributed by atoms with E-state index in [0.717, 1.165) is 5.56 Å². The largest absolute Gasteiger partial charge is 0.465 e. The molecule has 2 N–H and O–H groups in total. The summed E-state index contributed by atoms with van der Waals surface area (Å²) < 4.78 is 27.9. The first kappa shape index (κ1) is 15.7. The number of carbonyl (C=O) groups excluding carboxylic acids is 1. The molecule has 0 unspecified atom stereocenters. The molecule has 0 aliphatic rings. The molecule has 5 nitrogen and oxygen atoms in total. The zero-order chi connectivity index (χ0) is 14.8. The van der Waals surface area contributed by atoms with Crippen molar-refractivity contribution in [1.29, 1.82) is 0 Å². The van der Waals surface area contributed by atoms with Gasteiger partial charge in [0.15, 0.2) is 0 Å². The van der Waals surface area contributed by atoms with Gasteiger partial charge in [-0.15, -0.1) is 0 Å². The zero-order valence-corrected chi connectivity index (χ0v) is 12.4. The maximum atomic E-state index is 11.8. The zero-order valence-electron chi connectivity index (χ0n) is 11.6. The first-order chi connectivity index (χ1) is 8.72. The fourth-order valence-corrected chi connectivity index (χ4v) is 2.80. The highest BCUT2D eigenvalue weighted by Crippen LogP contribution is 2.27. The Hall–Kier alpha value is -1.40. The van der Waals surface area contributed by atoms with Crippen LogP contribution >= 0.6 is 0 Å². The lowest BCUT2D eigenvalue weighted by Gasteiger charge is -2.15. The molecule has 0 spiro atoms. The minimum Gasteiger partial charge on any atom is -0.465 e. The van der Waals surface area contributed by atoms with E-state index in [1.807, 2.05) is 20.8 Å². The lowest BCUT2D eigenvalue weighted by Crippen LogP contribution is -2.17. The number of primary sulfonamides is 1. The fraction of sp³-hybridized carbons (Fsp3) is 0.462. The number of nitrogens with two attached hydrogens (primary N) is 1. The Morgan fingerprint density at radius 3 is 2.32 bits per heavy atom. The van der Waals surface area contributed by atoms with E-state index in [2.05, 4.69) is 0 Å². The van der Waals surface area contributed by atoms with E-state index in [1.165, 1.54) is 13.2 Å². The van der Waals surface area contributed by atoms with E-state index in [9.17, 15) is 13.2 Å². The third-order valence-electron chi connectivity index (χ3n) is 2.95. The summed E-state index contributed by atoms with van der Waals surface area (Å²) in [5.74, 6) is -0.481. The van der Waals surface area contributed by atoms with Crippen LogP contribution in [-0.4, -0.2) is 21.5 Å². The number of sulfonamides is 1. The molecule has 19 heavy (non-hydrogen) atoms. The molecule has 0 saturated carbocycles. The van der Waals surface area contributed by atoms with Gasteiger partial charge < -0.3 is 4.74 Å². The van der Waals surface area contributed by atoms with Gasteiger partial charge in [0.05, 0.1) is 17.6 Å². The van der Waals surface area contributed by atoms with Crippen LogP contribution in [0.25, 0.3) is 0 Å². The van der Waals surface area contributed by atoms with Crippen molar-refractivity contribution < 1.29 is 17.9 Å². The number of aryl methyl sites for hydroxylation is 1. The summed E-state index contributed by atoms with van der Waals surface area (Å²) in [5, 5.41) is 5.19. The van der Waals surface area contributed by atoms with Crippen LogP contribution in [0.15, 0.2) is 17.0 Å². The molecule has 1 aromatic carbocycles. The van der Waals surface area contributed by atoms with Crippen LogP contribution in [-0.2, 0) is 21.2 Å². The summed E-state index contributed by atoms with van der Waals surface area (Å²) in [4.78, 5) is 11.7. The maximum absolute atomic E-state index is 11.8. The minimum atomic E-state index is -3.86. The van der Waals surface area contributed by atoms with Crippen LogP contribution in [0.3, 0.4) is 0 Å². The third-order valence-corrected chi connectivity index (χ3v) is 3.94. The fourth-order valence-electron chi connectivity index (χ4n) is 1.95. The van der Waals surface area contributed by atoms with Crippen LogP contribution in [0.5, 0.6) is 0 Å². The predicted molar refractivity (Wildman–Crippen MR) is 72.6 cm³/mol. The number of hydrogen-bond acceptors (Lipinski definition) is 4. The van der Waals surface area contributed by atoms with Crippen LogP contribution in [0, 0.1) is 0 Å². The molecule has 0 aliphatic carbocycles. The van der Waals surface area contributed by atoms with Gasteiger partial charge in [-0.3, -0.25) is 0 Å². The molecule has 0 atom stereocenters. The van der Waals surface area contributed by atoms with Crippen molar-refractivity contribution in [2.45, 2.75) is 38.0 Å². The molecule has 0 heterocycles. The number of benzene rings is 1. The maximum Gasteiger partial charge on any atom is 0.338 e. The number of esters is 1. The van der Waals surface area contributed by atoms with Crippen molar-refractivity contribution in [2.24, 2.45) is 5.14 Å². The average molecular weight is 285 g/mol. The van der Waals surface area contributed by atoms with E-state index in [1.54, 1.807) is 6.07 Å². The van der Waals surface area contributed by atoms with Crippen molar-refractivity contribution in [2.75, 3.05) is 7.11 Å². The number of ether oxygens (including phenoxy) is 1. The summed E-state index contributed by atoms with van der Waals surface area (Å²) in [5.41, 5.74) is 1.62. The second kappa shape index (κ2) is 5.71. The van der Waals surface area contributed by atoms with E-state index in [-0.39, 0.29) is 16.4 Å². The van der Waals surface area contributed by atoms with Crippen molar-refractivity contribution in [3.8, 4) is 0 Å². The van der Waals surface area contributed by atoms with Crippen molar-refractivity contribution in [3.05, 3.63) is 28.8 Å². The average Bonchev–Trinajstić information content (AvgIpc) is 2.34. The Morgan fingerprint density at radius 1 is 1.37 bits per heavy atom. The normalized spacial score (nSPS) is 11.7. The molecule has 1 rings (SSSR count). The molecule has 0 fully saturated rings. The van der Waals surface area contributed by atoms with Crippen LogP contribution in [0.1, 0.15) is 48.2 Å². The van der Waals surface area contributed by atoms with Gasteiger partial charge in [0.2, 0.25) is 10.0 Å². The summed E-state index contributed by atoms with van der Waals surface area (Å²) >= 11 is 0. The Bertz CT molecular complexity index is 591. The molecule has 1 aromatic rings. The number of carbonyl (C=O) groups is 1. The van der Waals surface area contributed by atoms with Gasteiger partial charge in [-0.2, -0.15) is 0 Å². The summed E-state index contributed by atoms with van der Waals surface area (Å²) in [7, 11) is -2.60. The van der Waals surface area contributed by atoms with Crippen LogP contribution in [0.2, 0.25) is 0 Å². The van der Waals surface area contributed by atoms with Gasteiger partial charge in [0.1, 0.15) is 0 Å². The molecule has 6 heteroatoms. The van der Waals surface area contributed by atoms with Gasteiger partial charge in [0, 0.05) is 0 Å². The Morgan fingerprint density at radius 2 is 1.95 bits per heavy atom. The SMILES string of the molecule is CCc1cc(C(C)C)c(C(=O)OC)cc1S(N)(=O)=O. The van der Waals surface area contributed by atoms with Crippen molar-refractivity contribution >= 4 is 16.0 Å². The smallest absolute Gasteiger partial charge is 0.338 e. The van der Waals surface area contributed by atoms with Gasteiger partial charge in [-0.05, 0) is 29.5 Å². The highest BCUT2D eigenvalue weighted by atomic mass is 32.2. The quantitative estimate of drug-likeness (QED) is 0.855. The Kier molecular flexibility index (Phi) is 4.70. The molecule has 0 radical (unpaired) electrons. The van der Waals surface area contributed by atoms with Gasteiger partial charge in [-0.25, -0.2) is 18.4 Å². The second-order valence-electron chi connectivity index (χ2n) is 4.59. The number of methoxy groups -OCH3 is 1. The lowest BCUT2D eigenvalue weighted by atomic mass is 9.94. The first-order valence-corrected chi connectivity index (χ1v) is 7.54. The van der Waals surface area contributed by atoms with Crippen molar-refractivity contribution in [3.63, 3.8) is 0 Å². The molecule has 106 valence electrons. The Balaban J connectivity index is 3.66. The second-order valence-corrected chi connectivity index (χ2v) is 6.12. The van der Waals surface area contributed by atoms with Gasteiger partial charge in [-0.1, -0.05) is 26.8 Å². The molecular weight excluding hydrogens is 266 g/mol. The molecule has 0 amide bonds. The van der Waals surface area contributed by atoms with E-state index in [4.69, 9.17) is 9.88 Å². The van der Waals surface area contributed by atoms with E-state index < -0.39 is 16.0 Å². The summed E-state index contributed by atoms with van der Waals surface area (Å²) in [6.07, 6.45) is 0.521. The van der Waals surface area contributed by atoms with E-state index >= 15 is 0 Å². The van der Waals surface area contributed by atoms with Crippen LogP contribution < -0.4 is 5.14 Å². The molecule has 0 aromatic heterocycles. The highest BCUT2D eigenvalue weighted by Gasteiger charge is 2.21. The van der Waals surface area contributed by atoms with Crippen molar-refractivity contribution in [1.82, 2.24) is 0 Å². The monoisotopic (exact) mass is 285 g/mol. The number of rotatable bonds is 4.